The van der Waals surface area contributed by atoms with Gasteiger partial charge in [-0.2, -0.15) is 0 Å². The van der Waals surface area contributed by atoms with Gasteiger partial charge in [-0.25, -0.2) is 18.1 Å². The SMILES string of the molecule is CC(=O)NC1CCN(Sc2ccccc2-c2ccc(-c3cnc(N)c(F)c3)c(F)c2)CC1. The number of hydrogen-bond donors (Lipinski definition) is 2. The van der Waals surface area contributed by atoms with Gasteiger partial charge in [0.2, 0.25) is 5.91 Å². The Balaban J connectivity index is 1.53. The van der Waals surface area contributed by atoms with Crippen LogP contribution >= 0.6 is 11.9 Å². The number of carbonyl (C=O) groups is 1. The maximum Gasteiger partial charge on any atom is 0.217 e. The van der Waals surface area contributed by atoms with E-state index in [0.717, 1.165) is 42.0 Å². The van der Waals surface area contributed by atoms with Crippen molar-refractivity contribution in [1.82, 2.24) is 14.6 Å². The van der Waals surface area contributed by atoms with Crippen molar-refractivity contribution in [3.05, 3.63) is 66.4 Å². The molecule has 2 heterocycles. The number of nitrogens with two attached hydrogens (primary N) is 1. The first-order valence-electron chi connectivity index (χ1n) is 10.4. The molecule has 0 unspecified atom stereocenters. The topological polar surface area (TPSA) is 71.2 Å². The lowest BCUT2D eigenvalue weighted by Crippen LogP contribution is -2.41. The Hall–Kier alpha value is -2.97. The van der Waals surface area contributed by atoms with Gasteiger partial charge in [0.15, 0.2) is 11.6 Å². The van der Waals surface area contributed by atoms with Crippen LogP contribution < -0.4 is 11.1 Å². The fourth-order valence-electron chi connectivity index (χ4n) is 3.82. The lowest BCUT2D eigenvalue weighted by atomic mass is 10.0. The van der Waals surface area contributed by atoms with E-state index in [4.69, 9.17) is 5.73 Å². The third-order valence-corrected chi connectivity index (χ3v) is 6.61. The van der Waals surface area contributed by atoms with Gasteiger partial charge in [0.05, 0.1) is 0 Å². The second kappa shape index (κ2) is 9.67. The van der Waals surface area contributed by atoms with Crippen molar-refractivity contribution in [2.24, 2.45) is 0 Å². The van der Waals surface area contributed by atoms with Gasteiger partial charge in [0, 0.05) is 48.3 Å². The fraction of sp³-hybridized carbons (Fsp3) is 0.250. The Labute approximate surface area is 190 Å². The molecule has 3 aromatic rings. The largest absolute Gasteiger partial charge is 0.381 e. The molecule has 1 aromatic heterocycles. The molecule has 1 fully saturated rings. The van der Waals surface area contributed by atoms with Crippen molar-refractivity contribution < 1.29 is 13.6 Å². The fourth-order valence-corrected chi connectivity index (χ4v) is 4.91. The average Bonchev–Trinajstić information content (AvgIpc) is 2.77. The van der Waals surface area contributed by atoms with E-state index in [0.29, 0.717) is 5.56 Å². The number of hydrogen-bond acceptors (Lipinski definition) is 5. The number of pyridine rings is 1. The molecule has 1 aliphatic heterocycles. The molecule has 0 bridgehead atoms. The maximum atomic E-state index is 15.0. The Morgan fingerprint density at radius 2 is 1.78 bits per heavy atom. The standard InChI is InChI=1S/C24H24F2N4OS/c1-15(31)29-18-8-10-30(11-9-18)32-23-5-3-2-4-20(23)16-6-7-19(21(25)12-16)17-13-22(26)24(27)28-14-17/h2-7,12-14,18H,8-11H2,1H3,(H2,27,28)(H,29,31). The smallest absolute Gasteiger partial charge is 0.217 e. The lowest BCUT2D eigenvalue weighted by molar-refractivity contribution is -0.119. The summed E-state index contributed by atoms with van der Waals surface area (Å²) in [7, 11) is 0. The molecule has 0 radical (unpaired) electrons. The molecule has 3 N–H and O–H groups in total. The summed E-state index contributed by atoms with van der Waals surface area (Å²) in [6.45, 7) is 3.25. The van der Waals surface area contributed by atoms with Crippen LogP contribution in [0.1, 0.15) is 19.8 Å². The zero-order valence-electron chi connectivity index (χ0n) is 17.6. The monoisotopic (exact) mass is 454 g/mol. The number of nitrogen functional groups attached to an aromatic ring is 1. The van der Waals surface area contributed by atoms with Gasteiger partial charge in [-0.05, 0) is 54.1 Å². The van der Waals surface area contributed by atoms with Crippen molar-refractivity contribution in [2.75, 3.05) is 18.8 Å². The molecule has 5 nitrogen and oxygen atoms in total. The number of piperidine rings is 1. The number of aromatic nitrogens is 1. The second-order valence-electron chi connectivity index (χ2n) is 7.78. The van der Waals surface area contributed by atoms with Gasteiger partial charge in [-0.15, -0.1) is 0 Å². The minimum absolute atomic E-state index is 0.00409. The van der Waals surface area contributed by atoms with Gasteiger partial charge >= 0.3 is 0 Å². The van der Waals surface area contributed by atoms with Gasteiger partial charge < -0.3 is 11.1 Å². The van der Waals surface area contributed by atoms with Crippen LogP contribution in [0.25, 0.3) is 22.3 Å². The highest BCUT2D eigenvalue weighted by atomic mass is 32.2. The van der Waals surface area contributed by atoms with Gasteiger partial charge in [0.25, 0.3) is 0 Å². The molecule has 0 aliphatic carbocycles. The number of rotatable bonds is 5. The summed E-state index contributed by atoms with van der Waals surface area (Å²) in [6, 6.07) is 14.2. The number of anilines is 1. The molecule has 0 saturated carbocycles. The predicted octanol–water partition coefficient (Wildman–Crippen LogP) is 4.88. The molecule has 8 heteroatoms. The highest BCUT2D eigenvalue weighted by Gasteiger charge is 2.21. The van der Waals surface area contributed by atoms with Crippen molar-refractivity contribution in [1.29, 1.82) is 0 Å². The van der Waals surface area contributed by atoms with Gasteiger partial charge in [-0.1, -0.05) is 30.3 Å². The van der Waals surface area contributed by atoms with E-state index in [-0.39, 0.29) is 23.3 Å². The third-order valence-electron chi connectivity index (χ3n) is 5.44. The van der Waals surface area contributed by atoms with E-state index in [2.05, 4.69) is 14.6 Å². The van der Waals surface area contributed by atoms with Crippen LogP contribution in [-0.4, -0.2) is 34.3 Å². The quantitative estimate of drug-likeness (QED) is 0.538. The van der Waals surface area contributed by atoms with E-state index in [1.165, 1.54) is 18.3 Å². The third kappa shape index (κ3) is 5.08. The van der Waals surface area contributed by atoms with Crippen LogP contribution in [0.15, 0.2) is 59.6 Å². The molecular formula is C24H24F2N4OS. The molecule has 0 atom stereocenters. The summed E-state index contributed by atoms with van der Waals surface area (Å²) >= 11 is 1.64. The number of amides is 1. The Morgan fingerprint density at radius 1 is 1.06 bits per heavy atom. The minimum Gasteiger partial charge on any atom is -0.381 e. The summed E-state index contributed by atoms with van der Waals surface area (Å²) in [5, 5.41) is 2.98. The zero-order valence-corrected chi connectivity index (χ0v) is 18.5. The van der Waals surface area contributed by atoms with Crippen molar-refractivity contribution in [3.8, 4) is 22.3 Å². The summed E-state index contributed by atoms with van der Waals surface area (Å²) in [6.07, 6.45) is 3.15. The highest BCUT2D eigenvalue weighted by molar-refractivity contribution is 7.97. The molecule has 2 aromatic carbocycles. The van der Waals surface area contributed by atoms with Gasteiger partial charge in [-0.3, -0.25) is 4.79 Å². The molecule has 1 saturated heterocycles. The van der Waals surface area contributed by atoms with E-state index in [9.17, 15) is 13.6 Å². The molecule has 0 spiro atoms. The van der Waals surface area contributed by atoms with Crippen LogP contribution in [-0.2, 0) is 4.79 Å². The van der Waals surface area contributed by atoms with Crippen LogP contribution in [0.3, 0.4) is 0 Å². The molecule has 1 amide bonds. The maximum absolute atomic E-state index is 15.0. The average molecular weight is 455 g/mol. The number of benzene rings is 2. The molecule has 4 rings (SSSR count). The molecule has 32 heavy (non-hydrogen) atoms. The first kappa shape index (κ1) is 22.2. The lowest BCUT2D eigenvalue weighted by Gasteiger charge is -2.31. The Bertz CT molecular complexity index is 1130. The van der Waals surface area contributed by atoms with E-state index >= 15 is 0 Å². The summed E-state index contributed by atoms with van der Waals surface area (Å²) in [4.78, 5) is 16.1. The van der Waals surface area contributed by atoms with Crippen molar-refractivity contribution in [2.45, 2.75) is 30.7 Å². The number of carbonyl (C=O) groups excluding carboxylic acids is 1. The molecule has 166 valence electrons. The zero-order chi connectivity index (χ0) is 22.7. The number of nitrogens with one attached hydrogen (secondary N) is 1. The van der Waals surface area contributed by atoms with E-state index < -0.39 is 11.6 Å². The number of nitrogens with zero attached hydrogens (tertiary/aromatic N) is 2. The first-order chi connectivity index (χ1) is 15.4. The summed E-state index contributed by atoms with van der Waals surface area (Å²) in [5.74, 6) is -1.33. The normalized spacial score (nSPS) is 15.0. The first-order valence-corrected chi connectivity index (χ1v) is 11.2. The Kier molecular flexibility index (Phi) is 6.72. The number of halogens is 2. The predicted molar refractivity (Wildman–Crippen MR) is 124 cm³/mol. The van der Waals surface area contributed by atoms with E-state index in [1.807, 2.05) is 30.3 Å². The summed E-state index contributed by atoms with van der Waals surface area (Å²) in [5.41, 5.74) is 7.70. The highest BCUT2D eigenvalue weighted by Crippen LogP contribution is 2.36. The molecule has 1 aliphatic rings. The summed E-state index contributed by atoms with van der Waals surface area (Å²) < 4.78 is 31.0. The van der Waals surface area contributed by atoms with E-state index in [1.54, 1.807) is 24.9 Å². The Morgan fingerprint density at radius 3 is 2.47 bits per heavy atom. The van der Waals surface area contributed by atoms with Crippen LogP contribution in [0.4, 0.5) is 14.6 Å². The second-order valence-corrected chi connectivity index (χ2v) is 8.92. The van der Waals surface area contributed by atoms with Crippen molar-refractivity contribution in [3.63, 3.8) is 0 Å². The van der Waals surface area contributed by atoms with Crippen LogP contribution in [0, 0.1) is 11.6 Å². The minimum atomic E-state index is -0.671. The van der Waals surface area contributed by atoms with Crippen molar-refractivity contribution >= 4 is 23.7 Å². The molecular weight excluding hydrogens is 430 g/mol. The van der Waals surface area contributed by atoms with Crippen LogP contribution in [0.5, 0.6) is 0 Å². The van der Waals surface area contributed by atoms with Crippen LogP contribution in [0.2, 0.25) is 0 Å². The van der Waals surface area contributed by atoms with Gasteiger partial charge in [0.1, 0.15) is 5.82 Å².